The van der Waals surface area contributed by atoms with E-state index >= 15 is 0 Å². The highest BCUT2D eigenvalue weighted by atomic mass is 32.2. The lowest BCUT2D eigenvalue weighted by Gasteiger charge is -2.39. The molecule has 2 atom stereocenters. The summed E-state index contributed by atoms with van der Waals surface area (Å²) in [5.74, 6) is 2.39. The highest BCUT2D eigenvalue weighted by Crippen LogP contribution is 2.39. The van der Waals surface area contributed by atoms with E-state index in [9.17, 15) is 0 Å². The van der Waals surface area contributed by atoms with Crippen molar-refractivity contribution in [3.63, 3.8) is 0 Å². The van der Waals surface area contributed by atoms with Crippen LogP contribution in [-0.2, 0) is 0 Å². The van der Waals surface area contributed by atoms with E-state index in [1.165, 1.54) is 18.6 Å². The van der Waals surface area contributed by atoms with E-state index in [4.69, 9.17) is 10.8 Å². The Morgan fingerprint density at radius 1 is 1.67 bits per heavy atom. The van der Waals surface area contributed by atoms with Gasteiger partial charge in [0.1, 0.15) is 0 Å². The van der Waals surface area contributed by atoms with Crippen molar-refractivity contribution in [3.05, 3.63) is 0 Å². The fourth-order valence-electron chi connectivity index (χ4n) is 1.88. The maximum Gasteiger partial charge on any atom is 0.0437 e. The van der Waals surface area contributed by atoms with Crippen molar-refractivity contribution in [1.82, 2.24) is 0 Å². The van der Waals surface area contributed by atoms with Gasteiger partial charge in [-0.1, -0.05) is 0 Å². The highest BCUT2D eigenvalue weighted by molar-refractivity contribution is 7.99. The summed E-state index contributed by atoms with van der Waals surface area (Å²) in [4.78, 5) is 0. The van der Waals surface area contributed by atoms with Crippen molar-refractivity contribution in [2.75, 3.05) is 18.1 Å². The molecule has 3 heteroatoms. The van der Waals surface area contributed by atoms with Crippen LogP contribution in [0.3, 0.4) is 0 Å². The molecule has 1 aliphatic rings. The molecular formula is C9H19NOS. The third-order valence-electron chi connectivity index (χ3n) is 2.93. The molecule has 1 rings (SSSR count). The predicted octanol–water partition coefficient (Wildman–Crippen LogP) is 1.23. The molecule has 0 amide bonds. The van der Waals surface area contributed by atoms with Crippen LogP contribution >= 0.6 is 11.8 Å². The maximum absolute atomic E-state index is 8.97. The number of thioether (sulfide) groups is 1. The Bertz CT molecular complexity index is 127. The van der Waals surface area contributed by atoms with Crippen molar-refractivity contribution in [1.29, 1.82) is 0 Å². The van der Waals surface area contributed by atoms with Gasteiger partial charge in [0.05, 0.1) is 0 Å². The number of hydrogen-bond acceptors (Lipinski definition) is 3. The zero-order valence-electron chi connectivity index (χ0n) is 7.75. The van der Waals surface area contributed by atoms with Crippen LogP contribution in [0.5, 0.6) is 0 Å². The lowest BCUT2D eigenvalue weighted by molar-refractivity contribution is 0.162. The first-order valence-electron chi connectivity index (χ1n) is 4.65. The van der Waals surface area contributed by atoms with E-state index in [0.29, 0.717) is 0 Å². The van der Waals surface area contributed by atoms with E-state index in [2.05, 4.69) is 6.92 Å². The Morgan fingerprint density at radius 3 is 2.83 bits per heavy atom. The Labute approximate surface area is 78.9 Å². The summed E-state index contributed by atoms with van der Waals surface area (Å²) in [5, 5.41) is 8.97. The van der Waals surface area contributed by atoms with E-state index in [1.54, 1.807) is 0 Å². The molecule has 0 saturated carbocycles. The largest absolute Gasteiger partial charge is 0.396 e. The average Bonchev–Trinajstić information content (AvgIpc) is 2.06. The molecule has 1 saturated heterocycles. The van der Waals surface area contributed by atoms with Gasteiger partial charge in [-0.3, -0.25) is 0 Å². The van der Waals surface area contributed by atoms with Crippen LogP contribution in [0.2, 0.25) is 0 Å². The summed E-state index contributed by atoms with van der Waals surface area (Å²) in [6, 6.07) is 0.220. The van der Waals surface area contributed by atoms with Gasteiger partial charge in [-0.2, -0.15) is 11.8 Å². The van der Waals surface area contributed by atoms with Gasteiger partial charge in [0.25, 0.3) is 0 Å². The summed E-state index contributed by atoms with van der Waals surface area (Å²) < 4.78 is 0. The first kappa shape index (κ1) is 10.4. The molecule has 0 radical (unpaired) electrons. The Balaban J connectivity index is 2.56. The van der Waals surface area contributed by atoms with E-state index in [0.717, 1.165) is 12.2 Å². The minimum Gasteiger partial charge on any atom is -0.396 e. The number of nitrogens with two attached hydrogens (primary N) is 1. The summed E-state index contributed by atoms with van der Waals surface area (Å²) in [6.45, 7) is 2.35. The number of aliphatic hydroxyl groups is 1. The second kappa shape index (κ2) is 4.49. The second-order valence-electron chi connectivity index (χ2n) is 3.78. The molecule has 0 bridgehead atoms. The van der Waals surface area contributed by atoms with Crippen molar-refractivity contribution in [2.24, 2.45) is 11.1 Å². The fourth-order valence-corrected chi connectivity index (χ4v) is 3.33. The standard InChI is InChI=1S/C9H19NOS/c1-8(10)9(4-5-11)3-2-6-12-7-9/h8,11H,2-7,10H2,1H3. The lowest BCUT2D eigenvalue weighted by Crippen LogP contribution is -2.44. The van der Waals surface area contributed by atoms with Gasteiger partial charge in [-0.15, -0.1) is 0 Å². The summed E-state index contributed by atoms with van der Waals surface area (Å²) in [7, 11) is 0. The SMILES string of the molecule is CC(N)C1(CCO)CCCSC1. The van der Waals surface area contributed by atoms with Crippen molar-refractivity contribution >= 4 is 11.8 Å². The summed E-state index contributed by atoms with van der Waals surface area (Å²) in [6.07, 6.45) is 3.32. The normalized spacial score (nSPS) is 33.2. The molecule has 2 unspecified atom stereocenters. The molecule has 1 fully saturated rings. The maximum atomic E-state index is 8.97. The van der Waals surface area contributed by atoms with Gasteiger partial charge in [0, 0.05) is 18.4 Å². The number of rotatable bonds is 3. The fraction of sp³-hybridized carbons (Fsp3) is 1.00. The quantitative estimate of drug-likeness (QED) is 0.702. The third kappa shape index (κ3) is 2.15. The van der Waals surface area contributed by atoms with Crippen LogP contribution in [0, 0.1) is 5.41 Å². The monoisotopic (exact) mass is 189 g/mol. The zero-order valence-corrected chi connectivity index (χ0v) is 8.57. The smallest absolute Gasteiger partial charge is 0.0437 e. The minimum atomic E-state index is 0.220. The summed E-state index contributed by atoms with van der Waals surface area (Å²) >= 11 is 1.98. The molecule has 1 heterocycles. The van der Waals surface area contributed by atoms with Crippen molar-refractivity contribution < 1.29 is 5.11 Å². The van der Waals surface area contributed by atoms with E-state index in [-0.39, 0.29) is 18.1 Å². The molecule has 0 aliphatic carbocycles. The predicted molar refractivity (Wildman–Crippen MR) is 54.3 cm³/mol. The van der Waals surface area contributed by atoms with Crippen LogP contribution < -0.4 is 5.73 Å². The van der Waals surface area contributed by atoms with E-state index < -0.39 is 0 Å². The van der Waals surface area contributed by atoms with Gasteiger partial charge in [0.2, 0.25) is 0 Å². The molecule has 0 aromatic heterocycles. The first-order chi connectivity index (χ1) is 5.71. The summed E-state index contributed by atoms with van der Waals surface area (Å²) in [5.41, 5.74) is 6.18. The van der Waals surface area contributed by atoms with Gasteiger partial charge in [-0.25, -0.2) is 0 Å². The molecule has 0 aromatic carbocycles. The molecule has 72 valence electrons. The molecule has 2 nitrogen and oxygen atoms in total. The highest BCUT2D eigenvalue weighted by Gasteiger charge is 2.35. The van der Waals surface area contributed by atoms with Gasteiger partial charge in [-0.05, 0) is 37.4 Å². The van der Waals surface area contributed by atoms with E-state index in [1.807, 2.05) is 11.8 Å². The first-order valence-corrected chi connectivity index (χ1v) is 5.81. The second-order valence-corrected chi connectivity index (χ2v) is 4.89. The topological polar surface area (TPSA) is 46.2 Å². The number of hydrogen-bond donors (Lipinski definition) is 2. The van der Waals surface area contributed by atoms with Crippen molar-refractivity contribution in [2.45, 2.75) is 32.2 Å². The van der Waals surface area contributed by atoms with Gasteiger partial charge < -0.3 is 10.8 Å². The molecular weight excluding hydrogens is 170 g/mol. The zero-order chi connectivity index (χ0) is 9.03. The van der Waals surface area contributed by atoms with Crippen LogP contribution in [0.15, 0.2) is 0 Å². The lowest BCUT2D eigenvalue weighted by atomic mass is 9.76. The molecule has 0 aromatic rings. The third-order valence-corrected chi connectivity index (χ3v) is 4.28. The Kier molecular flexibility index (Phi) is 3.87. The molecule has 12 heavy (non-hydrogen) atoms. The Morgan fingerprint density at radius 2 is 2.42 bits per heavy atom. The molecule has 1 aliphatic heterocycles. The number of aliphatic hydroxyl groups excluding tert-OH is 1. The van der Waals surface area contributed by atoms with Crippen LogP contribution in [0.4, 0.5) is 0 Å². The van der Waals surface area contributed by atoms with Crippen molar-refractivity contribution in [3.8, 4) is 0 Å². The molecule has 0 spiro atoms. The van der Waals surface area contributed by atoms with Gasteiger partial charge >= 0.3 is 0 Å². The van der Waals surface area contributed by atoms with Gasteiger partial charge in [0.15, 0.2) is 0 Å². The van der Waals surface area contributed by atoms with Crippen LogP contribution in [0.1, 0.15) is 26.2 Å². The Hall–Kier alpha value is 0.270. The molecule has 3 N–H and O–H groups in total. The minimum absolute atomic E-state index is 0.220. The van der Waals surface area contributed by atoms with Crippen LogP contribution in [-0.4, -0.2) is 29.3 Å². The average molecular weight is 189 g/mol. The van der Waals surface area contributed by atoms with Crippen LogP contribution in [0.25, 0.3) is 0 Å².